The van der Waals surface area contributed by atoms with E-state index in [0.717, 1.165) is 0 Å². The van der Waals surface area contributed by atoms with E-state index in [1.54, 1.807) is 29.2 Å². The summed E-state index contributed by atoms with van der Waals surface area (Å²) in [6.45, 7) is 2.05. The van der Waals surface area contributed by atoms with Gasteiger partial charge in [-0.05, 0) is 48.5 Å². The number of carbonyl (C=O) groups excluding carboxylic acids is 2. The van der Waals surface area contributed by atoms with Crippen molar-refractivity contribution in [3.8, 4) is 0 Å². The molecular formula is C17H16ClFN2O2. The Bertz CT molecular complexity index is 687. The van der Waals surface area contributed by atoms with Crippen LogP contribution in [-0.4, -0.2) is 24.9 Å². The van der Waals surface area contributed by atoms with E-state index in [9.17, 15) is 14.0 Å². The predicted molar refractivity (Wildman–Crippen MR) is 88.2 cm³/mol. The number of nitrogens with one attached hydrogen (secondary N) is 1. The van der Waals surface area contributed by atoms with Crippen LogP contribution >= 0.6 is 11.6 Å². The van der Waals surface area contributed by atoms with Crippen molar-refractivity contribution in [2.45, 2.75) is 6.92 Å². The van der Waals surface area contributed by atoms with Gasteiger partial charge in [-0.15, -0.1) is 0 Å². The summed E-state index contributed by atoms with van der Waals surface area (Å²) in [6.07, 6.45) is 0. The molecule has 0 aliphatic carbocycles. The molecule has 0 atom stereocenters. The fraction of sp³-hybridized carbons (Fsp3) is 0.176. The lowest BCUT2D eigenvalue weighted by Gasteiger charge is -2.21. The molecule has 0 aromatic heterocycles. The second-order valence-electron chi connectivity index (χ2n) is 4.91. The van der Waals surface area contributed by atoms with Crippen LogP contribution in [0.25, 0.3) is 0 Å². The van der Waals surface area contributed by atoms with Crippen LogP contribution in [0.5, 0.6) is 0 Å². The van der Waals surface area contributed by atoms with Gasteiger partial charge >= 0.3 is 0 Å². The summed E-state index contributed by atoms with van der Waals surface area (Å²) >= 11 is 5.83. The van der Waals surface area contributed by atoms with Crippen molar-refractivity contribution in [3.63, 3.8) is 0 Å². The van der Waals surface area contributed by atoms with Crippen molar-refractivity contribution in [2.24, 2.45) is 0 Å². The summed E-state index contributed by atoms with van der Waals surface area (Å²) in [7, 11) is 0. The van der Waals surface area contributed by atoms with Crippen molar-refractivity contribution >= 4 is 29.1 Å². The molecule has 2 amide bonds. The molecule has 0 saturated carbocycles. The maximum absolute atomic E-state index is 12.8. The zero-order valence-corrected chi connectivity index (χ0v) is 13.3. The van der Waals surface area contributed by atoms with E-state index in [2.05, 4.69) is 5.32 Å². The van der Waals surface area contributed by atoms with Crippen LogP contribution in [0.4, 0.5) is 10.1 Å². The van der Waals surface area contributed by atoms with Gasteiger partial charge in [-0.3, -0.25) is 9.59 Å². The van der Waals surface area contributed by atoms with Crippen LogP contribution in [0.3, 0.4) is 0 Å². The van der Waals surface area contributed by atoms with E-state index in [1.807, 2.05) is 0 Å². The van der Waals surface area contributed by atoms with Gasteiger partial charge in [0.25, 0.3) is 5.91 Å². The van der Waals surface area contributed by atoms with Gasteiger partial charge in [0.05, 0.1) is 0 Å². The molecular weight excluding hydrogens is 319 g/mol. The highest BCUT2D eigenvalue weighted by atomic mass is 35.5. The molecule has 2 aromatic carbocycles. The average Bonchev–Trinajstić information content (AvgIpc) is 2.53. The average molecular weight is 335 g/mol. The van der Waals surface area contributed by atoms with Gasteiger partial charge in [-0.1, -0.05) is 11.6 Å². The molecule has 0 bridgehead atoms. The van der Waals surface area contributed by atoms with Gasteiger partial charge in [0.1, 0.15) is 5.82 Å². The largest absolute Gasteiger partial charge is 0.350 e. The van der Waals surface area contributed by atoms with Crippen molar-refractivity contribution in [1.82, 2.24) is 5.32 Å². The standard InChI is InChI=1S/C17H16ClFN2O2/c1-12(22)21(16-8-4-14(18)5-9-16)11-10-20-17(23)13-2-6-15(19)7-3-13/h2-9H,10-11H2,1H3,(H,20,23). The van der Waals surface area contributed by atoms with Gasteiger partial charge in [0.15, 0.2) is 0 Å². The molecule has 0 aliphatic rings. The van der Waals surface area contributed by atoms with Crippen LogP contribution in [-0.2, 0) is 4.79 Å². The Labute approximate surface area is 138 Å². The molecule has 0 heterocycles. The SMILES string of the molecule is CC(=O)N(CCNC(=O)c1ccc(F)cc1)c1ccc(Cl)cc1. The van der Waals surface area contributed by atoms with Crippen molar-refractivity contribution in [2.75, 3.05) is 18.0 Å². The quantitative estimate of drug-likeness (QED) is 0.912. The highest BCUT2D eigenvalue weighted by Gasteiger charge is 2.12. The second kappa shape index (κ2) is 7.74. The first-order valence-electron chi connectivity index (χ1n) is 7.05. The number of hydrogen-bond donors (Lipinski definition) is 1. The Morgan fingerprint density at radius 2 is 1.70 bits per heavy atom. The first kappa shape index (κ1) is 17.0. The van der Waals surface area contributed by atoms with Gasteiger partial charge in [0, 0.05) is 36.3 Å². The van der Waals surface area contributed by atoms with E-state index in [1.165, 1.54) is 31.2 Å². The van der Waals surface area contributed by atoms with Gasteiger partial charge < -0.3 is 10.2 Å². The van der Waals surface area contributed by atoms with Crippen LogP contribution in [0.1, 0.15) is 17.3 Å². The first-order chi connectivity index (χ1) is 11.0. The van der Waals surface area contributed by atoms with Crippen molar-refractivity contribution in [1.29, 1.82) is 0 Å². The van der Waals surface area contributed by atoms with Gasteiger partial charge in [0.2, 0.25) is 5.91 Å². The van der Waals surface area contributed by atoms with E-state index in [4.69, 9.17) is 11.6 Å². The van der Waals surface area contributed by atoms with Crippen molar-refractivity contribution < 1.29 is 14.0 Å². The lowest BCUT2D eigenvalue weighted by atomic mass is 10.2. The van der Waals surface area contributed by atoms with Crippen molar-refractivity contribution in [3.05, 3.63) is 64.9 Å². The minimum Gasteiger partial charge on any atom is -0.350 e. The lowest BCUT2D eigenvalue weighted by molar-refractivity contribution is -0.116. The Morgan fingerprint density at radius 1 is 1.09 bits per heavy atom. The van der Waals surface area contributed by atoms with E-state index in [0.29, 0.717) is 22.8 Å². The normalized spacial score (nSPS) is 10.2. The first-order valence-corrected chi connectivity index (χ1v) is 7.42. The zero-order chi connectivity index (χ0) is 16.8. The summed E-state index contributed by atoms with van der Waals surface area (Å²) in [5, 5.41) is 3.29. The molecule has 6 heteroatoms. The van der Waals surface area contributed by atoms with E-state index in [-0.39, 0.29) is 18.4 Å². The fourth-order valence-corrected chi connectivity index (χ4v) is 2.20. The molecule has 4 nitrogen and oxygen atoms in total. The highest BCUT2D eigenvalue weighted by Crippen LogP contribution is 2.17. The van der Waals surface area contributed by atoms with E-state index >= 15 is 0 Å². The maximum atomic E-state index is 12.8. The topological polar surface area (TPSA) is 49.4 Å². The monoisotopic (exact) mass is 334 g/mol. The maximum Gasteiger partial charge on any atom is 0.251 e. The number of rotatable bonds is 5. The zero-order valence-electron chi connectivity index (χ0n) is 12.6. The molecule has 1 N–H and O–H groups in total. The number of halogens is 2. The number of hydrogen-bond acceptors (Lipinski definition) is 2. The smallest absolute Gasteiger partial charge is 0.251 e. The van der Waals surface area contributed by atoms with Crippen LogP contribution in [0, 0.1) is 5.82 Å². The summed E-state index contributed by atoms with van der Waals surface area (Å²) < 4.78 is 12.8. The minimum atomic E-state index is -0.396. The molecule has 2 aromatic rings. The Balaban J connectivity index is 1.94. The molecule has 0 spiro atoms. The Kier molecular flexibility index (Phi) is 5.71. The molecule has 0 unspecified atom stereocenters. The summed E-state index contributed by atoms with van der Waals surface area (Å²) in [5.41, 5.74) is 1.07. The van der Waals surface area contributed by atoms with Gasteiger partial charge in [-0.2, -0.15) is 0 Å². The lowest BCUT2D eigenvalue weighted by Crippen LogP contribution is -2.37. The number of benzene rings is 2. The highest BCUT2D eigenvalue weighted by molar-refractivity contribution is 6.30. The fourth-order valence-electron chi connectivity index (χ4n) is 2.07. The van der Waals surface area contributed by atoms with Gasteiger partial charge in [-0.25, -0.2) is 4.39 Å². The van der Waals surface area contributed by atoms with E-state index < -0.39 is 5.82 Å². The summed E-state index contributed by atoms with van der Waals surface area (Å²) in [4.78, 5) is 25.2. The molecule has 23 heavy (non-hydrogen) atoms. The second-order valence-corrected chi connectivity index (χ2v) is 5.35. The molecule has 0 fully saturated rings. The third-order valence-corrected chi connectivity index (χ3v) is 3.50. The number of anilines is 1. The number of amides is 2. The summed E-state index contributed by atoms with van der Waals surface area (Å²) in [5.74, 6) is -0.847. The molecule has 0 radical (unpaired) electrons. The molecule has 0 saturated heterocycles. The number of nitrogens with zero attached hydrogens (tertiary/aromatic N) is 1. The predicted octanol–water partition coefficient (Wildman–Crippen LogP) is 3.26. The van der Waals surface area contributed by atoms with Crippen LogP contribution in [0.15, 0.2) is 48.5 Å². The third kappa shape index (κ3) is 4.79. The van der Waals surface area contributed by atoms with Crippen LogP contribution < -0.4 is 10.2 Å². The number of carbonyl (C=O) groups is 2. The molecule has 0 aliphatic heterocycles. The summed E-state index contributed by atoms with van der Waals surface area (Å²) in [6, 6.07) is 12.2. The molecule has 120 valence electrons. The Hall–Kier alpha value is -2.40. The van der Waals surface area contributed by atoms with Crippen LogP contribution in [0.2, 0.25) is 5.02 Å². The molecule has 2 rings (SSSR count). The minimum absolute atomic E-state index is 0.136. The third-order valence-electron chi connectivity index (χ3n) is 3.25. The Morgan fingerprint density at radius 3 is 2.26 bits per heavy atom.